The maximum absolute atomic E-state index is 5.56. The molecule has 0 fully saturated rings. The molecule has 0 spiro atoms. The molecule has 0 amide bonds. The van der Waals surface area contributed by atoms with Gasteiger partial charge in [-0.3, -0.25) is 0 Å². The number of aryl methyl sites for hydroxylation is 1. The number of aromatic nitrogens is 1. The Labute approximate surface area is 155 Å². The topological polar surface area (TPSA) is 58.5 Å². The van der Waals surface area contributed by atoms with Crippen molar-refractivity contribution in [1.82, 2.24) is 15.6 Å². The highest BCUT2D eigenvalue weighted by atomic mass is 127. The third kappa shape index (κ3) is 7.23. The van der Waals surface area contributed by atoms with Gasteiger partial charge in [-0.1, -0.05) is 20.8 Å². The molecule has 1 heterocycles. The Kier molecular flexibility index (Phi) is 10.2. The fourth-order valence-electron chi connectivity index (χ4n) is 1.90. The maximum Gasteiger partial charge on any atom is 0.191 e. The summed E-state index contributed by atoms with van der Waals surface area (Å²) in [7, 11) is 1.75. The van der Waals surface area contributed by atoms with Crippen LogP contribution in [0, 0.1) is 12.3 Å². The first-order valence-electron chi connectivity index (χ1n) is 7.32. The summed E-state index contributed by atoms with van der Waals surface area (Å²) in [5, 5.41) is 6.62. The second-order valence-electron chi connectivity index (χ2n) is 6.03. The Hall–Kier alpha value is -0.410. The lowest BCUT2D eigenvalue weighted by Crippen LogP contribution is -2.45. The monoisotopic (exact) mass is 440 g/mol. The van der Waals surface area contributed by atoms with E-state index in [0.717, 1.165) is 24.7 Å². The van der Waals surface area contributed by atoms with Crippen LogP contribution in [-0.2, 0) is 11.3 Å². The molecule has 1 aromatic rings. The van der Waals surface area contributed by atoms with Crippen molar-refractivity contribution in [2.45, 2.75) is 47.3 Å². The fourth-order valence-corrected chi connectivity index (χ4v) is 2.60. The predicted octanol–water partition coefficient (Wildman–Crippen LogP) is 3.19. The van der Waals surface area contributed by atoms with Gasteiger partial charge in [-0.2, -0.15) is 0 Å². The van der Waals surface area contributed by atoms with Gasteiger partial charge in [-0.15, -0.1) is 35.3 Å². The minimum atomic E-state index is 0. The molecule has 1 atom stereocenters. The number of nitrogens with one attached hydrogen (secondary N) is 2. The van der Waals surface area contributed by atoms with Crippen LogP contribution in [0.1, 0.15) is 38.3 Å². The summed E-state index contributed by atoms with van der Waals surface area (Å²) in [6.07, 6.45) is 0.131. The molecule has 1 aromatic heterocycles. The summed E-state index contributed by atoms with van der Waals surface area (Å²) in [5.41, 5.74) is 3.01. The maximum atomic E-state index is 5.56. The molecular weight excluding hydrogens is 411 g/mol. The molecule has 0 saturated heterocycles. The van der Waals surface area contributed by atoms with Gasteiger partial charge in [-0.25, -0.2) is 9.98 Å². The van der Waals surface area contributed by atoms with E-state index in [-0.39, 0.29) is 35.5 Å². The number of ether oxygens (including phenoxy) is 1. The number of rotatable bonds is 6. The first-order valence-corrected chi connectivity index (χ1v) is 8.20. The molecule has 7 heteroatoms. The highest BCUT2D eigenvalue weighted by molar-refractivity contribution is 14.0. The van der Waals surface area contributed by atoms with Crippen molar-refractivity contribution in [3.63, 3.8) is 0 Å². The van der Waals surface area contributed by atoms with Gasteiger partial charge in [0.15, 0.2) is 5.96 Å². The van der Waals surface area contributed by atoms with Crippen LogP contribution in [0.3, 0.4) is 0 Å². The lowest BCUT2D eigenvalue weighted by Gasteiger charge is -2.30. The van der Waals surface area contributed by atoms with Gasteiger partial charge in [0.25, 0.3) is 0 Å². The van der Waals surface area contributed by atoms with Gasteiger partial charge in [-0.05, 0) is 19.3 Å². The minimum Gasteiger partial charge on any atom is -0.379 e. The predicted molar refractivity (Wildman–Crippen MR) is 105 cm³/mol. The number of hydrogen-bond donors (Lipinski definition) is 2. The van der Waals surface area contributed by atoms with Crippen molar-refractivity contribution in [1.29, 1.82) is 0 Å². The molecule has 0 bridgehead atoms. The standard InChI is InChI=1S/C15H28N4OS.HI/c1-7-16-14(17-8-12-11(2)19-10-21-12)18-9-13(20-6)15(3,4)5;/h10,13H,7-9H2,1-6H3,(H2,16,17,18);1H. The fraction of sp³-hybridized carbons (Fsp3) is 0.733. The number of hydrogen-bond acceptors (Lipinski definition) is 4. The van der Waals surface area contributed by atoms with Gasteiger partial charge in [0.1, 0.15) is 0 Å². The molecule has 1 unspecified atom stereocenters. The third-order valence-corrected chi connectivity index (χ3v) is 4.20. The smallest absolute Gasteiger partial charge is 0.191 e. The average Bonchev–Trinajstić information content (AvgIpc) is 2.80. The number of guanidine groups is 1. The molecule has 128 valence electrons. The zero-order valence-electron chi connectivity index (χ0n) is 14.4. The van der Waals surface area contributed by atoms with Crippen LogP contribution in [-0.4, -0.2) is 37.2 Å². The molecule has 0 aliphatic carbocycles. The zero-order chi connectivity index (χ0) is 15.9. The van der Waals surface area contributed by atoms with Crippen molar-refractivity contribution >= 4 is 41.3 Å². The highest BCUT2D eigenvalue weighted by Gasteiger charge is 2.24. The van der Waals surface area contributed by atoms with Crippen LogP contribution >= 0.6 is 35.3 Å². The molecule has 22 heavy (non-hydrogen) atoms. The van der Waals surface area contributed by atoms with E-state index in [1.807, 2.05) is 12.4 Å². The van der Waals surface area contributed by atoms with E-state index in [1.54, 1.807) is 18.4 Å². The quantitative estimate of drug-likeness (QED) is 0.405. The van der Waals surface area contributed by atoms with E-state index < -0.39 is 0 Å². The SMILES string of the molecule is CCNC(=NCc1scnc1C)NCC(OC)C(C)(C)C.I. The van der Waals surface area contributed by atoms with Crippen LogP contribution in [0.2, 0.25) is 0 Å². The van der Waals surface area contributed by atoms with E-state index in [2.05, 4.69) is 48.3 Å². The van der Waals surface area contributed by atoms with Gasteiger partial charge in [0, 0.05) is 25.1 Å². The normalized spacial score (nSPS) is 13.5. The van der Waals surface area contributed by atoms with E-state index in [9.17, 15) is 0 Å². The van der Waals surface area contributed by atoms with Gasteiger partial charge in [0.2, 0.25) is 0 Å². The molecule has 5 nitrogen and oxygen atoms in total. The molecule has 2 N–H and O–H groups in total. The summed E-state index contributed by atoms with van der Waals surface area (Å²) in [5.74, 6) is 0.816. The minimum absolute atomic E-state index is 0. The number of thiazole rings is 1. The number of nitrogens with zero attached hydrogens (tertiary/aromatic N) is 2. The van der Waals surface area contributed by atoms with Crippen molar-refractivity contribution in [3.8, 4) is 0 Å². The summed E-state index contributed by atoms with van der Waals surface area (Å²) < 4.78 is 5.56. The van der Waals surface area contributed by atoms with Crippen LogP contribution < -0.4 is 10.6 Å². The Morgan fingerprint density at radius 3 is 2.55 bits per heavy atom. The summed E-state index contributed by atoms with van der Waals surface area (Å²) >= 11 is 1.64. The van der Waals surface area contributed by atoms with E-state index >= 15 is 0 Å². The zero-order valence-corrected chi connectivity index (χ0v) is 17.5. The van der Waals surface area contributed by atoms with Crippen molar-refractivity contribution in [3.05, 3.63) is 16.1 Å². The number of methoxy groups -OCH3 is 1. The second-order valence-corrected chi connectivity index (χ2v) is 6.97. The Balaban J connectivity index is 0.00000441. The first kappa shape index (κ1) is 21.6. The van der Waals surface area contributed by atoms with Gasteiger partial charge in [0.05, 0.1) is 23.9 Å². The van der Waals surface area contributed by atoms with Crippen LogP contribution in [0.15, 0.2) is 10.5 Å². The van der Waals surface area contributed by atoms with Crippen LogP contribution in [0.25, 0.3) is 0 Å². The number of halogens is 1. The van der Waals surface area contributed by atoms with Crippen molar-refractivity contribution in [2.75, 3.05) is 20.2 Å². The molecule has 0 radical (unpaired) electrons. The second kappa shape index (κ2) is 10.4. The van der Waals surface area contributed by atoms with Crippen molar-refractivity contribution in [2.24, 2.45) is 10.4 Å². The lowest BCUT2D eigenvalue weighted by atomic mass is 9.89. The Morgan fingerprint density at radius 1 is 1.41 bits per heavy atom. The molecule has 0 aliphatic rings. The molecule has 1 rings (SSSR count). The van der Waals surface area contributed by atoms with E-state index in [4.69, 9.17) is 4.74 Å². The highest BCUT2D eigenvalue weighted by Crippen LogP contribution is 2.21. The molecule has 0 aliphatic heterocycles. The summed E-state index contributed by atoms with van der Waals surface area (Å²) in [6.45, 7) is 12.8. The largest absolute Gasteiger partial charge is 0.379 e. The molecule has 0 aromatic carbocycles. The van der Waals surface area contributed by atoms with Crippen LogP contribution in [0.4, 0.5) is 0 Å². The third-order valence-electron chi connectivity index (χ3n) is 3.28. The van der Waals surface area contributed by atoms with Gasteiger partial charge < -0.3 is 15.4 Å². The van der Waals surface area contributed by atoms with Crippen molar-refractivity contribution < 1.29 is 4.74 Å². The average molecular weight is 440 g/mol. The van der Waals surface area contributed by atoms with E-state index in [0.29, 0.717) is 6.54 Å². The molecular formula is C15H29IN4OS. The first-order chi connectivity index (χ1) is 9.88. The lowest BCUT2D eigenvalue weighted by molar-refractivity contribution is 0.0205. The number of aliphatic imine (C=N–C) groups is 1. The van der Waals surface area contributed by atoms with Gasteiger partial charge >= 0.3 is 0 Å². The summed E-state index contributed by atoms with van der Waals surface area (Å²) in [4.78, 5) is 10.1. The van der Waals surface area contributed by atoms with E-state index in [1.165, 1.54) is 4.88 Å². The summed E-state index contributed by atoms with van der Waals surface area (Å²) in [6, 6.07) is 0. The Bertz CT molecular complexity index is 457. The Morgan fingerprint density at radius 2 is 2.09 bits per heavy atom. The molecule has 0 saturated carbocycles. The van der Waals surface area contributed by atoms with Crippen LogP contribution in [0.5, 0.6) is 0 Å².